The van der Waals surface area contributed by atoms with Crippen molar-refractivity contribution in [3.05, 3.63) is 0 Å². The molecule has 0 aromatic heterocycles. The number of amides is 1. The van der Waals surface area contributed by atoms with Crippen LogP contribution in [0.3, 0.4) is 0 Å². The molecule has 1 saturated heterocycles. The summed E-state index contributed by atoms with van der Waals surface area (Å²) in [7, 11) is 0. The van der Waals surface area contributed by atoms with Crippen LogP contribution in [-0.4, -0.2) is 53.8 Å². The maximum absolute atomic E-state index is 12.3. The van der Waals surface area contributed by atoms with Gasteiger partial charge >= 0.3 is 12.1 Å². The Morgan fingerprint density at radius 2 is 1.67 bits per heavy atom. The number of carbonyl (C=O) groups is 2. The van der Waals surface area contributed by atoms with E-state index in [0.29, 0.717) is 13.0 Å². The summed E-state index contributed by atoms with van der Waals surface area (Å²) >= 11 is 0. The SMILES string of the molecule is CC(C)(C)OC(=O)CCCCC1CNCCN1C(=O)OC(C)(C)C. The lowest BCUT2D eigenvalue weighted by Gasteiger charge is -2.37. The number of hydrogen-bond acceptors (Lipinski definition) is 5. The summed E-state index contributed by atoms with van der Waals surface area (Å²) in [5, 5.41) is 3.32. The Bertz CT molecular complexity index is 424. The van der Waals surface area contributed by atoms with Crippen molar-refractivity contribution in [1.82, 2.24) is 10.2 Å². The minimum atomic E-state index is -0.483. The molecular formula is C18H34N2O4. The summed E-state index contributed by atoms with van der Waals surface area (Å²) in [6.07, 6.45) is 2.68. The summed E-state index contributed by atoms with van der Waals surface area (Å²) < 4.78 is 10.8. The standard InChI is InChI=1S/C18H34N2O4/c1-17(2,3)23-15(21)10-8-7-9-14-13-19-11-12-20(14)16(22)24-18(4,5)6/h14,19H,7-13H2,1-6H3. The highest BCUT2D eigenvalue weighted by Crippen LogP contribution is 2.17. The van der Waals surface area contributed by atoms with Crippen molar-refractivity contribution >= 4 is 12.1 Å². The number of nitrogens with one attached hydrogen (secondary N) is 1. The van der Waals surface area contributed by atoms with Crippen LogP contribution in [0.15, 0.2) is 0 Å². The summed E-state index contributed by atoms with van der Waals surface area (Å²) in [6.45, 7) is 13.5. The van der Waals surface area contributed by atoms with Crippen molar-refractivity contribution in [1.29, 1.82) is 0 Å². The Labute approximate surface area is 146 Å². The van der Waals surface area contributed by atoms with Crippen LogP contribution in [0.1, 0.15) is 67.2 Å². The number of rotatable bonds is 5. The van der Waals surface area contributed by atoms with Gasteiger partial charge in [-0.05, 0) is 54.4 Å². The molecular weight excluding hydrogens is 308 g/mol. The fraction of sp³-hybridized carbons (Fsp3) is 0.889. The Balaban J connectivity index is 2.38. The van der Waals surface area contributed by atoms with Crippen LogP contribution >= 0.6 is 0 Å². The average Bonchev–Trinajstić information content (AvgIpc) is 2.40. The number of esters is 1. The molecule has 1 aliphatic heterocycles. The van der Waals surface area contributed by atoms with E-state index in [4.69, 9.17) is 9.47 Å². The van der Waals surface area contributed by atoms with E-state index in [1.165, 1.54) is 0 Å². The quantitative estimate of drug-likeness (QED) is 0.614. The fourth-order valence-corrected chi connectivity index (χ4v) is 2.62. The Morgan fingerprint density at radius 1 is 1.04 bits per heavy atom. The lowest BCUT2D eigenvalue weighted by molar-refractivity contribution is -0.154. The molecule has 1 heterocycles. The average molecular weight is 342 g/mol. The second-order valence-corrected chi connectivity index (χ2v) is 8.36. The van der Waals surface area contributed by atoms with Crippen molar-refractivity contribution in [2.24, 2.45) is 0 Å². The maximum atomic E-state index is 12.3. The van der Waals surface area contributed by atoms with Gasteiger partial charge in [-0.2, -0.15) is 0 Å². The molecule has 1 fully saturated rings. The van der Waals surface area contributed by atoms with Crippen molar-refractivity contribution in [3.63, 3.8) is 0 Å². The predicted molar refractivity (Wildman–Crippen MR) is 93.9 cm³/mol. The van der Waals surface area contributed by atoms with E-state index in [1.54, 1.807) is 0 Å². The van der Waals surface area contributed by atoms with Gasteiger partial charge in [-0.25, -0.2) is 4.79 Å². The number of unbranched alkanes of at least 4 members (excludes halogenated alkanes) is 1. The summed E-state index contributed by atoms with van der Waals surface area (Å²) in [5.74, 6) is -0.159. The monoisotopic (exact) mass is 342 g/mol. The first-order valence-electron chi connectivity index (χ1n) is 8.90. The van der Waals surface area contributed by atoms with E-state index >= 15 is 0 Å². The normalized spacial score (nSPS) is 19.1. The Hall–Kier alpha value is -1.30. The highest BCUT2D eigenvalue weighted by molar-refractivity contribution is 5.70. The van der Waals surface area contributed by atoms with Crippen molar-refractivity contribution in [2.75, 3.05) is 19.6 Å². The maximum Gasteiger partial charge on any atom is 0.410 e. The first-order chi connectivity index (χ1) is 11.0. The van der Waals surface area contributed by atoms with E-state index in [-0.39, 0.29) is 18.1 Å². The van der Waals surface area contributed by atoms with Crippen LogP contribution < -0.4 is 5.32 Å². The molecule has 0 saturated carbocycles. The van der Waals surface area contributed by atoms with Crippen LogP contribution in [0.4, 0.5) is 4.79 Å². The van der Waals surface area contributed by atoms with Gasteiger partial charge in [-0.15, -0.1) is 0 Å². The third-order valence-corrected chi connectivity index (χ3v) is 3.57. The smallest absolute Gasteiger partial charge is 0.410 e. The number of carbonyl (C=O) groups excluding carboxylic acids is 2. The molecule has 0 aliphatic carbocycles. The van der Waals surface area contributed by atoms with Crippen LogP contribution in [-0.2, 0) is 14.3 Å². The third-order valence-electron chi connectivity index (χ3n) is 3.57. The zero-order valence-electron chi connectivity index (χ0n) is 16.1. The third kappa shape index (κ3) is 8.52. The lowest BCUT2D eigenvalue weighted by atomic mass is 10.1. The van der Waals surface area contributed by atoms with E-state index < -0.39 is 11.2 Å². The van der Waals surface area contributed by atoms with Gasteiger partial charge in [0.15, 0.2) is 0 Å². The molecule has 0 aromatic rings. The number of ether oxygens (including phenoxy) is 2. The molecule has 0 bridgehead atoms. The van der Waals surface area contributed by atoms with Crippen molar-refractivity contribution < 1.29 is 19.1 Å². The topological polar surface area (TPSA) is 67.9 Å². The highest BCUT2D eigenvalue weighted by Gasteiger charge is 2.30. The van der Waals surface area contributed by atoms with Gasteiger partial charge in [0, 0.05) is 32.1 Å². The molecule has 1 N–H and O–H groups in total. The molecule has 1 amide bonds. The van der Waals surface area contributed by atoms with Crippen LogP contribution in [0, 0.1) is 0 Å². The predicted octanol–water partition coefficient (Wildman–Crippen LogP) is 3.10. The van der Waals surface area contributed by atoms with Crippen LogP contribution in [0.5, 0.6) is 0 Å². The van der Waals surface area contributed by atoms with Gasteiger partial charge in [0.1, 0.15) is 11.2 Å². The lowest BCUT2D eigenvalue weighted by Crippen LogP contribution is -2.54. The molecule has 0 aromatic carbocycles. The van der Waals surface area contributed by atoms with Crippen LogP contribution in [0.25, 0.3) is 0 Å². The molecule has 0 spiro atoms. The zero-order valence-corrected chi connectivity index (χ0v) is 16.1. The number of piperazine rings is 1. The fourth-order valence-electron chi connectivity index (χ4n) is 2.62. The van der Waals surface area contributed by atoms with Crippen LogP contribution in [0.2, 0.25) is 0 Å². The van der Waals surface area contributed by atoms with Gasteiger partial charge in [0.05, 0.1) is 0 Å². The van der Waals surface area contributed by atoms with Gasteiger partial charge in [-0.1, -0.05) is 6.42 Å². The molecule has 1 unspecified atom stereocenters. The molecule has 1 rings (SSSR count). The molecule has 0 radical (unpaired) electrons. The van der Waals surface area contributed by atoms with E-state index in [9.17, 15) is 9.59 Å². The molecule has 24 heavy (non-hydrogen) atoms. The largest absolute Gasteiger partial charge is 0.460 e. The van der Waals surface area contributed by atoms with E-state index in [2.05, 4.69) is 5.32 Å². The minimum absolute atomic E-state index is 0.118. The first kappa shape index (κ1) is 20.7. The summed E-state index contributed by atoms with van der Waals surface area (Å²) in [6, 6.07) is 0.118. The summed E-state index contributed by atoms with van der Waals surface area (Å²) in [4.78, 5) is 25.9. The van der Waals surface area contributed by atoms with Crippen molar-refractivity contribution in [3.8, 4) is 0 Å². The molecule has 6 heteroatoms. The van der Waals surface area contributed by atoms with Gasteiger partial charge in [0.2, 0.25) is 0 Å². The summed E-state index contributed by atoms with van der Waals surface area (Å²) in [5.41, 5.74) is -0.916. The van der Waals surface area contributed by atoms with Gasteiger partial charge < -0.3 is 19.7 Å². The molecule has 1 aliphatic rings. The second-order valence-electron chi connectivity index (χ2n) is 8.36. The molecule has 6 nitrogen and oxygen atoms in total. The Kier molecular flexibility index (Phi) is 7.52. The van der Waals surface area contributed by atoms with Gasteiger partial charge in [0.25, 0.3) is 0 Å². The Morgan fingerprint density at radius 3 is 2.25 bits per heavy atom. The number of hydrogen-bond donors (Lipinski definition) is 1. The highest BCUT2D eigenvalue weighted by atomic mass is 16.6. The first-order valence-corrected chi connectivity index (χ1v) is 8.90. The van der Waals surface area contributed by atoms with E-state index in [1.807, 2.05) is 46.4 Å². The number of nitrogens with zero attached hydrogens (tertiary/aromatic N) is 1. The second kappa shape index (κ2) is 8.70. The zero-order chi connectivity index (χ0) is 18.4. The minimum Gasteiger partial charge on any atom is -0.460 e. The van der Waals surface area contributed by atoms with Crippen molar-refractivity contribution in [2.45, 2.75) is 84.5 Å². The molecule has 1 atom stereocenters. The van der Waals surface area contributed by atoms with E-state index in [0.717, 1.165) is 32.4 Å². The van der Waals surface area contributed by atoms with Gasteiger partial charge in [-0.3, -0.25) is 4.79 Å². The molecule has 140 valence electrons.